The Kier molecular flexibility index (Phi) is 4.96. The molecule has 1 atom stereocenters. The summed E-state index contributed by atoms with van der Waals surface area (Å²) in [7, 11) is -3.26. The number of anilines is 1. The lowest BCUT2D eigenvalue weighted by Gasteiger charge is -2.27. The molecule has 8 heteroatoms. The molecule has 0 fully saturated rings. The third kappa shape index (κ3) is 4.01. The zero-order valence-corrected chi connectivity index (χ0v) is 14.3. The first-order chi connectivity index (χ1) is 11.6. The highest BCUT2D eigenvalue weighted by Crippen LogP contribution is 2.24. The topological polar surface area (TPSA) is 80.2 Å². The average molecular weight is 361 g/mol. The van der Waals surface area contributed by atoms with Gasteiger partial charge in [0.1, 0.15) is 0 Å². The lowest BCUT2D eigenvalue weighted by atomic mass is 10.2. The van der Waals surface area contributed by atoms with E-state index in [0.29, 0.717) is 10.8 Å². The Morgan fingerprint density at radius 1 is 1.17 bits per heavy atom. The third-order valence-corrected chi connectivity index (χ3v) is 5.65. The molecule has 0 spiro atoms. The first kappa shape index (κ1) is 16.7. The summed E-state index contributed by atoms with van der Waals surface area (Å²) < 4.78 is 23.5. The molecule has 24 heavy (non-hydrogen) atoms. The van der Waals surface area contributed by atoms with E-state index in [9.17, 15) is 13.2 Å². The van der Waals surface area contributed by atoms with Gasteiger partial charge in [-0.1, -0.05) is 30.0 Å². The molecule has 0 saturated heterocycles. The highest BCUT2D eigenvalue weighted by molar-refractivity contribution is 7.99. The average Bonchev–Trinajstić information content (AvgIpc) is 2.95. The van der Waals surface area contributed by atoms with Gasteiger partial charge in [0, 0.05) is 23.5 Å². The predicted molar refractivity (Wildman–Crippen MR) is 93.4 cm³/mol. The van der Waals surface area contributed by atoms with Crippen LogP contribution in [-0.4, -0.2) is 41.8 Å². The normalized spacial score (nSPS) is 18.4. The smallest absolute Gasteiger partial charge is 0.238 e. The van der Waals surface area contributed by atoms with Crippen LogP contribution in [0.15, 0.2) is 65.4 Å². The van der Waals surface area contributed by atoms with Crippen molar-refractivity contribution in [2.24, 2.45) is 0 Å². The molecule has 1 amide bonds. The van der Waals surface area contributed by atoms with E-state index < -0.39 is 15.9 Å². The summed E-state index contributed by atoms with van der Waals surface area (Å²) in [4.78, 5) is 22.4. The largest absolute Gasteiger partial charge is 0.304 e. The molecule has 1 aromatic heterocycles. The fourth-order valence-corrected chi connectivity index (χ4v) is 4.32. The number of thioether (sulfide) groups is 1. The quantitative estimate of drug-likeness (QED) is 0.598. The fraction of sp³-hybridized carbons (Fsp3) is 0.188. The maximum Gasteiger partial charge on any atom is 0.238 e. The number of carbonyl (C=O) groups is 1. The number of sulfone groups is 1. The van der Waals surface area contributed by atoms with Crippen LogP contribution in [0.25, 0.3) is 0 Å². The number of hydrogen-bond donors (Lipinski definition) is 0. The first-order valence-corrected chi connectivity index (χ1v) is 9.93. The lowest BCUT2D eigenvalue weighted by Crippen LogP contribution is -2.42. The van der Waals surface area contributed by atoms with Gasteiger partial charge in [0.2, 0.25) is 5.91 Å². The molecule has 1 aliphatic rings. The number of amides is 1. The van der Waals surface area contributed by atoms with Crippen molar-refractivity contribution in [1.82, 2.24) is 9.97 Å². The highest BCUT2D eigenvalue weighted by Gasteiger charge is 2.31. The van der Waals surface area contributed by atoms with E-state index in [2.05, 4.69) is 9.97 Å². The van der Waals surface area contributed by atoms with Crippen LogP contribution in [0.5, 0.6) is 0 Å². The minimum atomic E-state index is -3.26. The van der Waals surface area contributed by atoms with E-state index in [-0.39, 0.29) is 17.4 Å². The summed E-state index contributed by atoms with van der Waals surface area (Å²) in [6, 6.07) is 10.3. The lowest BCUT2D eigenvalue weighted by molar-refractivity contribution is -0.116. The second kappa shape index (κ2) is 7.14. The maximum atomic E-state index is 12.7. The molecule has 0 saturated carbocycles. The Balaban J connectivity index is 1.80. The number of aromatic nitrogens is 2. The van der Waals surface area contributed by atoms with Crippen LogP contribution >= 0.6 is 11.8 Å². The van der Waals surface area contributed by atoms with Gasteiger partial charge < -0.3 is 4.90 Å². The van der Waals surface area contributed by atoms with Crippen LogP contribution < -0.4 is 4.90 Å². The summed E-state index contributed by atoms with van der Waals surface area (Å²) in [6.07, 6.45) is 4.78. The monoisotopic (exact) mass is 361 g/mol. The SMILES string of the molecule is O=C(CSc1ncccn1)N(c1ccccc1)C1C=CS(=O)(=O)C1. The fourth-order valence-electron chi connectivity index (χ4n) is 2.38. The molecule has 0 radical (unpaired) electrons. The van der Waals surface area contributed by atoms with Gasteiger partial charge in [0.25, 0.3) is 0 Å². The van der Waals surface area contributed by atoms with E-state index in [1.54, 1.807) is 36.7 Å². The van der Waals surface area contributed by atoms with Gasteiger partial charge in [-0.25, -0.2) is 18.4 Å². The van der Waals surface area contributed by atoms with Crippen LogP contribution in [0, 0.1) is 0 Å². The molecule has 6 nitrogen and oxygen atoms in total. The number of para-hydroxylation sites is 1. The molecule has 0 N–H and O–H groups in total. The van der Waals surface area contributed by atoms with Crippen molar-refractivity contribution in [3.8, 4) is 0 Å². The molecule has 1 aromatic carbocycles. The van der Waals surface area contributed by atoms with Gasteiger partial charge in [-0.05, 0) is 24.3 Å². The van der Waals surface area contributed by atoms with E-state index in [1.807, 2.05) is 18.2 Å². The second-order valence-electron chi connectivity index (χ2n) is 5.14. The van der Waals surface area contributed by atoms with Crippen LogP contribution in [0.3, 0.4) is 0 Å². The van der Waals surface area contributed by atoms with E-state index in [1.165, 1.54) is 22.1 Å². The summed E-state index contributed by atoms with van der Waals surface area (Å²) in [6.45, 7) is 0. The van der Waals surface area contributed by atoms with Crippen molar-refractivity contribution in [1.29, 1.82) is 0 Å². The molecular formula is C16H15N3O3S2. The summed E-state index contributed by atoms with van der Waals surface area (Å²) >= 11 is 1.22. The Labute approximate surface area is 144 Å². The van der Waals surface area contributed by atoms with E-state index in [4.69, 9.17) is 0 Å². The van der Waals surface area contributed by atoms with E-state index >= 15 is 0 Å². The molecule has 2 heterocycles. The Hall–Kier alpha value is -2.19. The zero-order chi connectivity index (χ0) is 17.0. The van der Waals surface area contributed by atoms with Gasteiger partial charge >= 0.3 is 0 Å². The number of nitrogens with zero attached hydrogens (tertiary/aromatic N) is 3. The molecule has 1 unspecified atom stereocenters. The Morgan fingerprint density at radius 3 is 2.50 bits per heavy atom. The molecule has 0 bridgehead atoms. The predicted octanol–water partition coefficient (Wildman–Crippen LogP) is 1.91. The Morgan fingerprint density at radius 2 is 1.88 bits per heavy atom. The van der Waals surface area contributed by atoms with Crippen molar-refractivity contribution >= 4 is 33.2 Å². The minimum absolute atomic E-state index is 0.0971. The number of rotatable bonds is 5. The Bertz CT molecular complexity index is 839. The summed E-state index contributed by atoms with van der Waals surface area (Å²) in [5.41, 5.74) is 0.670. The van der Waals surface area contributed by atoms with Gasteiger partial charge in [0.15, 0.2) is 15.0 Å². The summed E-state index contributed by atoms with van der Waals surface area (Å²) in [5.74, 6) is -0.158. The molecule has 2 aromatic rings. The number of hydrogen-bond acceptors (Lipinski definition) is 6. The third-order valence-electron chi connectivity index (χ3n) is 3.41. The number of benzene rings is 1. The standard InChI is InChI=1S/C16H15N3O3S2/c20-15(11-23-16-17-8-4-9-18-16)19(13-5-2-1-3-6-13)14-7-10-24(21,22)12-14/h1-10,14H,11-12H2. The van der Waals surface area contributed by atoms with Crippen molar-refractivity contribution in [3.63, 3.8) is 0 Å². The molecule has 3 rings (SSSR count). The van der Waals surface area contributed by atoms with Gasteiger partial charge in [0.05, 0.1) is 17.5 Å². The molecular weight excluding hydrogens is 346 g/mol. The van der Waals surface area contributed by atoms with Crippen LogP contribution in [0.1, 0.15) is 0 Å². The van der Waals surface area contributed by atoms with Crippen LogP contribution in [-0.2, 0) is 14.6 Å². The molecule has 124 valence electrons. The highest BCUT2D eigenvalue weighted by atomic mass is 32.2. The van der Waals surface area contributed by atoms with Crippen LogP contribution in [0.4, 0.5) is 5.69 Å². The minimum Gasteiger partial charge on any atom is -0.304 e. The summed E-state index contributed by atoms with van der Waals surface area (Å²) in [5, 5.41) is 1.68. The van der Waals surface area contributed by atoms with E-state index in [0.717, 1.165) is 0 Å². The first-order valence-electron chi connectivity index (χ1n) is 7.23. The maximum absolute atomic E-state index is 12.7. The zero-order valence-electron chi connectivity index (χ0n) is 12.6. The van der Waals surface area contributed by atoms with Crippen molar-refractivity contribution in [3.05, 3.63) is 60.3 Å². The van der Waals surface area contributed by atoms with Gasteiger partial charge in [-0.3, -0.25) is 4.79 Å². The molecule has 0 aliphatic carbocycles. The molecule has 1 aliphatic heterocycles. The van der Waals surface area contributed by atoms with Crippen molar-refractivity contribution in [2.75, 3.05) is 16.4 Å². The number of carbonyl (C=O) groups excluding carboxylic acids is 1. The van der Waals surface area contributed by atoms with Crippen molar-refractivity contribution < 1.29 is 13.2 Å². The second-order valence-corrected chi connectivity index (χ2v) is 8.02. The van der Waals surface area contributed by atoms with Gasteiger partial charge in [-0.2, -0.15) is 0 Å². The van der Waals surface area contributed by atoms with Gasteiger partial charge in [-0.15, -0.1) is 0 Å². The van der Waals surface area contributed by atoms with Crippen LogP contribution in [0.2, 0.25) is 0 Å². The van der Waals surface area contributed by atoms with Crippen molar-refractivity contribution in [2.45, 2.75) is 11.2 Å².